The van der Waals surface area contributed by atoms with Gasteiger partial charge in [-0.2, -0.15) is 13.2 Å². The number of para-hydroxylation sites is 1. The van der Waals surface area contributed by atoms with Crippen molar-refractivity contribution in [2.75, 3.05) is 11.9 Å². The Hall–Kier alpha value is -4.34. The molecule has 2 atom stereocenters. The third kappa shape index (κ3) is 7.90. The second-order valence-electron chi connectivity index (χ2n) is 9.18. The second-order valence-corrected chi connectivity index (χ2v) is 10.2. The van der Waals surface area contributed by atoms with Gasteiger partial charge < -0.3 is 31.3 Å². The quantitative estimate of drug-likeness (QED) is 0.138. The molecular formula is C27H27F3N6O5S. The highest BCUT2D eigenvalue weighted by molar-refractivity contribution is 7.09. The van der Waals surface area contributed by atoms with Gasteiger partial charge in [-0.05, 0) is 55.8 Å². The summed E-state index contributed by atoms with van der Waals surface area (Å²) >= 11 is 1.57. The number of oxazole rings is 1. The third-order valence-corrected chi connectivity index (χ3v) is 6.99. The molecule has 0 saturated heterocycles. The molecule has 0 bridgehead atoms. The fourth-order valence-corrected chi connectivity index (χ4v) is 4.66. The minimum Gasteiger partial charge on any atom is -0.446 e. The number of amides is 2. The molecule has 42 heavy (non-hydrogen) atoms. The number of ether oxygens (including phenoxy) is 1. The normalized spacial score (nSPS) is 13.0. The van der Waals surface area contributed by atoms with E-state index < -0.39 is 36.0 Å². The average Bonchev–Trinajstić information content (AvgIpc) is 3.66. The van der Waals surface area contributed by atoms with Gasteiger partial charge in [0, 0.05) is 10.3 Å². The predicted octanol–water partition coefficient (Wildman–Crippen LogP) is 3.86. The predicted molar refractivity (Wildman–Crippen MR) is 148 cm³/mol. The third-order valence-electron chi connectivity index (χ3n) is 6.05. The van der Waals surface area contributed by atoms with Crippen molar-refractivity contribution in [1.29, 1.82) is 0 Å². The molecule has 222 valence electrons. The lowest BCUT2D eigenvalue weighted by Crippen LogP contribution is -2.42. The molecule has 0 aliphatic rings. The van der Waals surface area contributed by atoms with Crippen LogP contribution in [0.2, 0.25) is 0 Å². The van der Waals surface area contributed by atoms with Crippen molar-refractivity contribution >= 4 is 45.7 Å². The molecule has 3 aromatic heterocycles. The first-order chi connectivity index (χ1) is 20.0. The van der Waals surface area contributed by atoms with Crippen LogP contribution in [0.4, 0.5) is 18.9 Å². The number of esters is 1. The molecule has 11 nitrogen and oxygen atoms in total. The van der Waals surface area contributed by atoms with Crippen LogP contribution < -0.4 is 26.8 Å². The van der Waals surface area contributed by atoms with Crippen molar-refractivity contribution in [3.8, 4) is 5.75 Å². The van der Waals surface area contributed by atoms with Crippen LogP contribution in [0, 0.1) is 0 Å². The first-order valence-electron chi connectivity index (χ1n) is 12.8. The molecule has 4 aromatic rings. The van der Waals surface area contributed by atoms with E-state index in [4.69, 9.17) is 15.9 Å². The van der Waals surface area contributed by atoms with E-state index in [1.54, 1.807) is 11.3 Å². The van der Waals surface area contributed by atoms with Crippen LogP contribution in [-0.4, -0.2) is 46.5 Å². The Morgan fingerprint density at radius 1 is 1.14 bits per heavy atom. The van der Waals surface area contributed by atoms with Crippen LogP contribution in [0.1, 0.15) is 46.6 Å². The number of nitrogens with one attached hydrogen (secondary N) is 2. The van der Waals surface area contributed by atoms with Crippen LogP contribution in [-0.2, 0) is 16.0 Å². The number of pyridine rings is 1. The first-order valence-corrected chi connectivity index (χ1v) is 13.7. The number of benzene rings is 1. The van der Waals surface area contributed by atoms with Gasteiger partial charge in [0.2, 0.25) is 11.8 Å². The number of carbonyl (C=O) groups excluding carboxylic acids is 3. The van der Waals surface area contributed by atoms with Crippen molar-refractivity contribution in [2.45, 2.75) is 43.9 Å². The molecule has 0 aliphatic heterocycles. The summed E-state index contributed by atoms with van der Waals surface area (Å²) in [6, 6.07) is 7.97. The van der Waals surface area contributed by atoms with Gasteiger partial charge in [-0.3, -0.25) is 14.6 Å². The summed E-state index contributed by atoms with van der Waals surface area (Å²) in [5.41, 5.74) is 11.6. The number of halogens is 3. The topological polar surface area (TPSA) is 175 Å². The Morgan fingerprint density at radius 2 is 1.95 bits per heavy atom. The lowest BCUT2D eigenvalue weighted by Gasteiger charge is -2.18. The number of hydrogen-bond acceptors (Lipinski definition) is 10. The van der Waals surface area contributed by atoms with E-state index in [0.717, 1.165) is 11.1 Å². The maximum absolute atomic E-state index is 12.9. The molecule has 15 heteroatoms. The number of alkyl halides is 3. The van der Waals surface area contributed by atoms with Gasteiger partial charge >= 0.3 is 12.1 Å². The van der Waals surface area contributed by atoms with Gasteiger partial charge in [-0.1, -0.05) is 18.2 Å². The van der Waals surface area contributed by atoms with Crippen molar-refractivity contribution in [1.82, 2.24) is 15.3 Å². The number of rotatable bonds is 12. The SMILES string of the molecule is NCCC[C@@H](N)C(=O)N[C@H](CCc1cccs1)c1nc(C(=O)Nc2cnc3c(OC(=O)C(F)(F)F)cccc3c2)co1. The number of nitrogens with zero attached hydrogens (tertiary/aromatic N) is 2. The van der Waals surface area contributed by atoms with Gasteiger partial charge in [-0.25, -0.2) is 9.78 Å². The van der Waals surface area contributed by atoms with E-state index in [9.17, 15) is 27.6 Å². The highest BCUT2D eigenvalue weighted by Crippen LogP contribution is 2.28. The van der Waals surface area contributed by atoms with Crippen LogP contribution in [0.3, 0.4) is 0 Å². The summed E-state index contributed by atoms with van der Waals surface area (Å²) < 4.78 is 47.9. The number of hydrogen-bond donors (Lipinski definition) is 4. The highest BCUT2D eigenvalue weighted by atomic mass is 32.1. The number of nitrogens with two attached hydrogens (primary N) is 2. The lowest BCUT2D eigenvalue weighted by atomic mass is 10.1. The number of fused-ring (bicyclic) bond motifs is 1. The average molecular weight is 605 g/mol. The second kappa shape index (κ2) is 13.5. The maximum atomic E-state index is 12.9. The van der Waals surface area contributed by atoms with Gasteiger partial charge in [0.15, 0.2) is 11.4 Å². The van der Waals surface area contributed by atoms with Crippen LogP contribution in [0.25, 0.3) is 10.9 Å². The summed E-state index contributed by atoms with van der Waals surface area (Å²) in [6.45, 7) is 0.403. The zero-order chi connectivity index (χ0) is 30.3. The molecule has 0 aliphatic carbocycles. The molecule has 2 amide bonds. The summed E-state index contributed by atoms with van der Waals surface area (Å²) in [5.74, 6) is -3.70. The molecule has 6 N–H and O–H groups in total. The van der Waals surface area contributed by atoms with E-state index in [1.807, 2.05) is 17.5 Å². The maximum Gasteiger partial charge on any atom is 0.491 e. The number of aryl methyl sites for hydroxylation is 1. The Balaban J connectivity index is 1.48. The van der Waals surface area contributed by atoms with Crippen molar-refractivity contribution in [2.24, 2.45) is 11.5 Å². The zero-order valence-electron chi connectivity index (χ0n) is 22.0. The van der Waals surface area contributed by atoms with Crippen LogP contribution >= 0.6 is 11.3 Å². The molecule has 0 fully saturated rings. The molecular weight excluding hydrogens is 577 g/mol. The highest BCUT2D eigenvalue weighted by Gasteiger charge is 2.41. The Bertz CT molecular complexity index is 1540. The molecule has 4 rings (SSSR count). The largest absolute Gasteiger partial charge is 0.491 e. The van der Waals surface area contributed by atoms with E-state index in [1.165, 1.54) is 30.5 Å². The molecule has 0 saturated carbocycles. The smallest absolute Gasteiger partial charge is 0.446 e. The summed E-state index contributed by atoms with van der Waals surface area (Å²) in [6.07, 6.45) is -0.784. The minimum atomic E-state index is -5.17. The van der Waals surface area contributed by atoms with E-state index in [0.29, 0.717) is 37.6 Å². The molecule has 3 heterocycles. The monoisotopic (exact) mass is 604 g/mol. The van der Waals surface area contributed by atoms with E-state index >= 15 is 0 Å². The summed E-state index contributed by atoms with van der Waals surface area (Å²) in [4.78, 5) is 46.3. The van der Waals surface area contributed by atoms with E-state index in [-0.39, 0.29) is 28.5 Å². The zero-order valence-corrected chi connectivity index (χ0v) is 22.8. The molecule has 0 radical (unpaired) electrons. The molecule has 0 unspecified atom stereocenters. The number of aromatic nitrogens is 2. The van der Waals surface area contributed by atoms with Gasteiger partial charge in [0.1, 0.15) is 17.8 Å². The standard InChI is InChI=1S/C27H27F3N6O5S/c28-27(29,30)26(39)41-21-7-1-4-15-12-16(13-33-22(15)21)34-24(38)20-14-40-25(36-20)19(9-8-17-5-3-11-42-17)35-23(37)18(32)6-2-10-31/h1,3-5,7,11-14,18-19H,2,6,8-10,31-32H2,(H,34,38)(H,35,37)/t18-,19-/m1/s1. The minimum absolute atomic E-state index is 0.00850. The van der Waals surface area contributed by atoms with Crippen LogP contribution in [0.15, 0.2) is 58.7 Å². The summed E-state index contributed by atoms with van der Waals surface area (Å²) in [5, 5.41) is 7.69. The molecule has 0 spiro atoms. The van der Waals surface area contributed by atoms with Gasteiger partial charge in [-0.15, -0.1) is 11.3 Å². The van der Waals surface area contributed by atoms with Crippen molar-refractivity contribution < 1.29 is 36.7 Å². The van der Waals surface area contributed by atoms with Crippen LogP contribution in [0.5, 0.6) is 5.75 Å². The van der Waals surface area contributed by atoms with E-state index in [2.05, 4.69) is 25.3 Å². The Labute approximate surface area is 241 Å². The first kappa shape index (κ1) is 30.6. The number of carbonyl (C=O) groups is 3. The van der Waals surface area contributed by atoms with Gasteiger partial charge in [0.25, 0.3) is 5.91 Å². The van der Waals surface area contributed by atoms with Crippen molar-refractivity contribution in [3.63, 3.8) is 0 Å². The fraction of sp³-hybridized carbons (Fsp3) is 0.296. The van der Waals surface area contributed by atoms with Crippen molar-refractivity contribution in [3.05, 3.63) is 70.7 Å². The number of thiophene rings is 1. The lowest BCUT2D eigenvalue weighted by molar-refractivity contribution is -0.189. The Morgan fingerprint density at radius 3 is 2.67 bits per heavy atom. The van der Waals surface area contributed by atoms with Gasteiger partial charge in [0.05, 0.1) is 17.9 Å². The number of anilines is 1. The Kier molecular flexibility index (Phi) is 9.88. The molecule has 1 aromatic carbocycles. The fourth-order valence-electron chi connectivity index (χ4n) is 3.93. The summed E-state index contributed by atoms with van der Waals surface area (Å²) in [7, 11) is 0.